The van der Waals surface area contributed by atoms with E-state index in [1.54, 1.807) is 13.0 Å². The summed E-state index contributed by atoms with van der Waals surface area (Å²) in [7, 11) is 2.09. The van der Waals surface area contributed by atoms with E-state index in [9.17, 15) is 4.79 Å². The zero-order valence-corrected chi connectivity index (χ0v) is 20.2. The van der Waals surface area contributed by atoms with Gasteiger partial charge in [0.25, 0.3) is 0 Å². The average Bonchev–Trinajstić information content (AvgIpc) is 2.76. The fourth-order valence-electron chi connectivity index (χ4n) is 3.07. The van der Waals surface area contributed by atoms with Crippen LogP contribution in [-0.4, -0.2) is 77.2 Å². The molecule has 0 atom stereocenters. The van der Waals surface area contributed by atoms with Gasteiger partial charge in [0.2, 0.25) is 23.6 Å². The van der Waals surface area contributed by atoms with Crippen molar-refractivity contribution in [1.29, 1.82) is 0 Å². The number of aromatic nitrogens is 4. The molecule has 3 N–H and O–H groups in total. The van der Waals surface area contributed by atoms with Crippen LogP contribution in [-0.2, 0) is 4.79 Å². The number of nitrogens with one attached hydrogen (secondary N) is 1. The molecule has 1 fully saturated rings. The van der Waals surface area contributed by atoms with E-state index in [0.717, 1.165) is 26.2 Å². The van der Waals surface area contributed by atoms with Gasteiger partial charge in [-0.3, -0.25) is 4.79 Å². The number of carbonyl (C=O) groups excluding carboxylic acids is 1. The van der Waals surface area contributed by atoms with E-state index >= 15 is 0 Å². The van der Waals surface area contributed by atoms with Crippen LogP contribution in [0.4, 0.5) is 17.6 Å². The number of carbonyl (C=O) groups is 1. The minimum absolute atomic E-state index is 0.217. The third-order valence-corrected chi connectivity index (χ3v) is 5.55. The Labute approximate surface area is 197 Å². The highest BCUT2D eigenvalue weighted by Crippen LogP contribution is 2.40. The molecule has 1 aliphatic heterocycles. The first kappa shape index (κ1) is 24.5. The number of hydrogen-bond acceptors (Lipinski definition) is 11. The molecule has 3 heterocycles. The summed E-state index contributed by atoms with van der Waals surface area (Å²) in [5.74, 6) is 1.54. The normalized spacial score (nSPS) is 14.5. The smallest absolute Gasteiger partial charge is 0.249 e. The number of nitrogens with two attached hydrogens (primary N) is 1. The third kappa shape index (κ3) is 6.68. The number of likely N-dealkylation sites (N-methyl/N-ethyl adjacent to an activating group) is 1. The van der Waals surface area contributed by atoms with Gasteiger partial charge < -0.3 is 30.3 Å². The highest BCUT2D eigenvalue weighted by atomic mass is 32.2. The molecule has 12 heteroatoms. The van der Waals surface area contributed by atoms with Gasteiger partial charge in [-0.15, -0.1) is 0 Å². The van der Waals surface area contributed by atoms with Gasteiger partial charge in [0, 0.05) is 32.2 Å². The zero-order chi connectivity index (χ0) is 23.8. The Morgan fingerprint density at radius 3 is 2.33 bits per heavy atom. The van der Waals surface area contributed by atoms with Crippen molar-refractivity contribution in [3.8, 4) is 11.8 Å². The molecule has 33 heavy (non-hydrogen) atoms. The largest absolute Gasteiger partial charge is 0.477 e. The molecule has 0 unspecified atom stereocenters. The van der Waals surface area contributed by atoms with Crippen molar-refractivity contribution in [3.05, 3.63) is 18.2 Å². The van der Waals surface area contributed by atoms with Crippen LogP contribution in [0.25, 0.3) is 0 Å². The van der Waals surface area contributed by atoms with Crippen molar-refractivity contribution in [2.24, 2.45) is 0 Å². The average molecular weight is 475 g/mol. The van der Waals surface area contributed by atoms with E-state index in [-0.39, 0.29) is 11.7 Å². The first-order valence-electron chi connectivity index (χ1n) is 10.8. The van der Waals surface area contributed by atoms with Gasteiger partial charge in [0.05, 0.1) is 13.2 Å². The molecule has 1 saturated heterocycles. The standard InChI is InChI=1S/C21H30N8O3S/c1-5-8-16(30)24-15-13-14(22)23-21(25-15)33-17-18(31-6-2)26-20(27-19(17)32-7-3)29-11-9-28(4)10-12-29/h5,8,13H,6-7,9-12H2,1-4H3,(H3,22,23,24,25,30). The molecule has 11 nitrogen and oxygen atoms in total. The summed E-state index contributed by atoms with van der Waals surface area (Å²) in [6.45, 7) is 9.84. The lowest BCUT2D eigenvalue weighted by Gasteiger charge is -2.32. The highest BCUT2D eigenvalue weighted by Gasteiger charge is 2.24. The first-order valence-corrected chi connectivity index (χ1v) is 11.6. The Morgan fingerprint density at radius 2 is 1.76 bits per heavy atom. The second kappa shape index (κ2) is 11.7. The Balaban J connectivity index is 1.96. The fourth-order valence-corrected chi connectivity index (χ4v) is 3.93. The van der Waals surface area contributed by atoms with Gasteiger partial charge in [0.1, 0.15) is 16.5 Å². The number of hydrogen-bond donors (Lipinski definition) is 2. The Bertz CT molecular complexity index is 968. The lowest BCUT2D eigenvalue weighted by Crippen LogP contribution is -2.45. The van der Waals surface area contributed by atoms with Crippen LogP contribution >= 0.6 is 11.8 Å². The molecule has 0 bridgehead atoms. The van der Waals surface area contributed by atoms with E-state index in [4.69, 9.17) is 15.2 Å². The van der Waals surface area contributed by atoms with E-state index in [1.165, 1.54) is 23.9 Å². The van der Waals surface area contributed by atoms with Crippen molar-refractivity contribution in [2.75, 3.05) is 62.4 Å². The van der Waals surface area contributed by atoms with Gasteiger partial charge in [-0.25, -0.2) is 9.97 Å². The number of ether oxygens (including phenoxy) is 2. The zero-order valence-electron chi connectivity index (χ0n) is 19.4. The molecule has 0 saturated carbocycles. The number of nitrogen functional groups attached to an aromatic ring is 1. The van der Waals surface area contributed by atoms with Gasteiger partial charge in [-0.1, -0.05) is 6.08 Å². The lowest BCUT2D eigenvalue weighted by atomic mass is 10.3. The van der Waals surface area contributed by atoms with Crippen LogP contribution in [0, 0.1) is 0 Å². The second-order valence-corrected chi connectivity index (χ2v) is 8.15. The molecule has 0 aromatic carbocycles. The number of anilines is 3. The molecule has 3 rings (SSSR count). The van der Waals surface area contributed by atoms with Crippen molar-refractivity contribution >= 4 is 35.3 Å². The fraction of sp³-hybridized carbons (Fsp3) is 0.476. The summed E-state index contributed by atoms with van der Waals surface area (Å²) in [4.78, 5) is 34.9. The molecule has 2 aromatic heterocycles. The SMILES string of the molecule is CC=CC(=O)Nc1cc(N)nc(Sc2c(OCC)nc(N3CCN(C)CC3)nc2OCC)n1. The summed E-state index contributed by atoms with van der Waals surface area (Å²) in [5.41, 5.74) is 5.95. The Morgan fingerprint density at radius 1 is 1.12 bits per heavy atom. The monoisotopic (exact) mass is 474 g/mol. The van der Waals surface area contributed by atoms with Crippen LogP contribution in [0.1, 0.15) is 20.8 Å². The number of amides is 1. The topological polar surface area (TPSA) is 132 Å². The number of allylic oxidation sites excluding steroid dienone is 1. The second-order valence-electron chi connectivity index (χ2n) is 7.17. The molecule has 1 aliphatic rings. The van der Waals surface area contributed by atoms with Crippen molar-refractivity contribution in [2.45, 2.75) is 30.8 Å². The number of nitrogens with zero attached hydrogens (tertiary/aromatic N) is 6. The van der Waals surface area contributed by atoms with Gasteiger partial charge in [0.15, 0.2) is 5.16 Å². The molecule has 1 amide bonds. The van der Waals surface area contributed by atoms with Crippen LogP contribution in [0.2, 0.25) is 0 Å². The minimum atomic E-state index is -0.309. The number of piperazine rings is 1. The van der Waals surface area contributed by atoms with E-state index < -0.39 is 0 Å². The summed E-state index contributed by atoms with van der Waals surface area (Å²) in [5, 5.41) is 2.98. The maximum atomic E-state index is 11.9. The summed E-state index contributed by atoms with van der Waals surface area (Å²) < 4.78 is 11.7. The molecule has 0 aliphatic carbocycles. The van der Waals surface area contributed by atoms with Crippen molar-refractivity contribution in [3.63, 3.8) is 0 Å². The van der Waals surface area contributed by atoms with Gasteiger partial charge in [-0.05, 0) is 45.7 Å². The number of rotatable bonds is 9. The summed E-state index contributed by atoms with van der Waals surface area (Å²) >= 11 is 1.17. The van der Waals surface area contributed by atoms with E-state index in [0.29, 0.717) is 46.8 Å². The Kier molecular flexibility index (Phi) is 8.66. The summed E-state index contributed by atoms with van der Waals surface area (Å²) in [6.07, 6.45) is 3.04. The van der Waals surface area contributed by atoms with Gasteiger partial charge in [-0.2, -0.15) is 9.97 Å². The van der Waals surface area contributed by atoms with Crippen molar-refractivity contribution < 1.29 is 14.3 Å². The maximum Gasteiger partial charge on any atom is 0.249 e. The lowest BCUT2D eigenvalue weighted by molar-refractivity contribution is -0.111. The van der Waals surface area contributed by atoms with Crippen LogP contribution < -0.4 is 25.4 Å². The molecule has 178 valence electrons. The molecule has 2 aromatic rings. The van der Waals surface area contributed by atoms with E-state index in [1.807, 2.05) is 13.8 Å². The quantitative estimate of drug-likeness (QED) is 0.409. The first-order chi connectivity index (χ1) is 15.9. The van der Waals surface area contributed by atoms with Crippen molar-refractivity contribution in [1.82, 2.24) is 24.8 Å². The van der Waals surface area contributed by atoms with Crippen LogP contribution in [0.15, 0.2) is 28.3 Å². The van der Waals surface area contributed by atoms with Crippen LogP contribution in [0.3, 0.4) is 0 Å². The minimum Gasteiger partial charge on any atom is -0.477 e. The third-order valence-electron chi connectivity index (χ3n) is 4.63. The van der Waals surface area contributed by atoms with Gasteiger partial charge >= 0.3 is 0 Å². The van der Waals surface area contributed by atoms with E-state index in [2.05, 4.69) is 42.1 Å². The van der Waals surface area contributed by atoms with Crippen LogP contribution in [0.5, 0.6) is 11.8 Å². The molecular formula is C21H30N8O3S. The predicted molar refractivity (Wildman–Crippen MR) is 128 cm³/mol. The molecular weight excluding hydrogens is 444 g/mol. The predicted octanol–water partition coefficient (Wildman–Crippen LogP) is 2.06. The Hall–Kier alpha value is -3.12. The molecule has 0 radical (unpaired) electrons. The summed E-state index contributed by atoms with van der Waals surface area (Å²) in [6, 6.07) is 1.49. The maximum absolute atomic E-state index is 11.9. The molecule has 0 spiro atoms. The highest BCUT2D eigenvalue weighted by molar-refractivity contribution is 7.99.